The molecule has 3 nitrogen and oxygen atoms in total. The van der Waals surface area contributed by atoms with Gasteiger partial charge >= 0.3 is 0 Å². The molecule has 0 spiro atoms. The Morgan fingerprint density at radius 2 is 2.00 bits per heavy atom. The number of anilines is 1. The van der Waals surface area contributed by atoms with Gasteiger partial charge in [0.1, 0.15) is 10.8 Å². The first kappa shape index (κ1) is 12.8. The third kappa shape index (κ3) is 3.67. The molecule has 0 amide bonds. The predicted molar refractivity (Wildman–Crippen MR) is 76.0 cm³/mol. The summed E-state index contributed by atoms with van der Waals surface area (Å²) in [5, 5.41) is 0.866. The lowest BCUT2D eigenvalue weighted by molar-refractivity contribution is 0.344. The number of aryl methyl sites for hydroxylation is 1. The molecule has 0 aliphatic carbocycles. The summed E-state index contributed by atoms with van der Waals surface area (Å²) in [4.78, 5) is 4.22. The number of hydrogen-bond acceptors (Lipinski definition) is 4. The molecule has 0 unspecified atom stereocenters. The fourth-order valence-electron chi connectivity index (χ4n) is 1.46. The van der Waals surface area contributed by atoms with Crippen LogP contribution >= 0.6 is 11.8 Å². The van der Waals surface area contributed by atoms with Gasteiger partial charge < -0.3 is 10.5 Å². The summed E-state index contributed by atoms with van der Waals surface area (Å²) in [5.74, 6) is 1.73. The van der Waals surface area contributed by atoms with E-state index >= 15 is 0 Å². The average molecular weight is 260 g/mol. The van der Waals surface area contributed by atoms with Crippen molar-refractivity contribution in [2.24, 2.45) is 0 Å². The van der Waals surface area contributed by atoms with Gasteiger partial charge in [-0.25, -0.2) is 4.98 Å². The van der Waals surface area contributed by atoms with E-state index in [0.717, 1.165) is 22.2 Å². The molecule has 0 bridgehead atoms. The molecule has 0 aliphatic rings. The van der Waals surface area contributed by atoms with Crippen LogP contribution in [0.1, 0.15) is 5.56 Å². The van der Waals surface area contributed by atoms with Crippen LogP contribution < -0.4 is 10.5 Å². The van der Waals surface area contributed by atoms with Gasteiger partial charge in [0.05, 0.1) is 12.3 Å². The smallest absolute Gasteiger partial charge is 0.119 e. The second-order valence-electron chi connectivity index (χ2n) is 3.91. The van der Waals surface area contributed by atoms with E-state index in [9.17, 15) is 0 Å². The third-order valence-corrected chi connectivity index (χ3v) is 3.40. The number of nitrogen functional groups attached to an aromatic ring is 1. The van der Waals surface area contributed by atoms with Crippen LogP contribution in [0, 0.1) is 6.92 Å². The van der Waals surface area contributed by atoms with Gasteiger partial charge in [-0.3, -0.25) is 0 Å². The zero-order valence-electron chi connectivity index (χ0n) is 10.3. The van der Waals surface area contributed by atoms with E-state index in [1.54, 1.807) is 18.0 Å². The van der Waals surface area contributed by atoms with Gasteiger partial charge in [0.2, 0.25) is 0 Å². The largest absolute Gasteiger partial charge is 0.493 e. The Morgan fingerprint density at radius 3 is 2.72 bits per heavy atom. The zero-order chi connectivity index (χ0) is 12.8. The van der Waals surface area contributed by atoms with Crippen LogP contribution in [0.15, 0.2) is 47.6 Å². The first-order valence-corrected chi connectivity index (χ1v) is 6.77. The first-order valence-electron chi connectivity index (χ1n) is 5.78. The highest BCUT2D eigenvalue weighted by molar-refractivity contribution is 7.99. The summed E-state index contributed by atoms with van der Waals surface area (Å²) in [7, 11) is 0. The second-order valence-corrected chi connectivity index (χ2v) is 4.99. The van der Waals surface area contributed by atoms with Crippen molar-refractivity contribution in [2.45, 2.75) is 11.9 Å². The summed E-state index contributed by atoms with van der Waals surface area (Å²) >= 11 is 1.61. The lowest BCUT2D eigenvalue weighted by Gasteiger charge is -2.07. The van der Waals surface area contributed by atoms with Crippen molar-refractivity contribution in [1.29, 1.82) is 0 Å². The van der Waals surface area contributed by atoms with E-state index in [0.29, 0.717) is 6.61 Å². The zero-order valence-corrected chi connectivity index (χ0v) is 11.1. The van der Waals surface area contributed by atoms with Crippen LogP contribution in [-0.4, -0.2) is 17.3 Å². The highest BCUT2D eigenvalue weighted by atomic mass is 32.2. The molecule has 0 aliphatic heterocycles. The van der Waals surface area contributed by atoms with Gasteiger partial charge in [-0.1, -0.05) is 17.7 Å². The van der Waals surface area contributed by atoms with E-state index in [4.69, 9.17) is 10.5 Å². The van der Waals surface area contributed by atoms with Crippen molar-refractivity contribution in [3.05, 3.63) is 48.2 Å². The molecular weight excluding hydrogens is 244 g/mol. The molecule has 1 heterocycles. The van der Waals surface area contributed by atoms with Crippen molar-refractivity contribution < 1.29 is 4.74 Å². The molecule has 0 atom stereocenters. The number of ether oxygens (including phenoxy) is 1. The van der Waals surface area contributed by atoms with Gasteiger partial charge in [0.25, 0.3) is 0 Å². The molecule has 2 rings (SSSR count). The van der Waals surface area contributed by atoms with E-state index in [1.165, 1.54) is 5.56 Å². The van der Waals surface area contributed by atoms with Gasteiger partial charge in [-0.15, -0.1) is 11.8 Å². The van der Waals surface area contributed by atoms with E-state index < -0.39 is 0 Å². The van der Waals surface area contributed by atoms with Crippen molar-refractivity contribution in [1.82, 2.24) is 4.98 Å². The quantitative estimate of drug-likeness (QED) is 0.662. The van der Waals surface area contributed by atoms with Crippen LogP contribution in [0.5, 0.6) is 5.75 Å². The fourth-order valence-corrected chi connectivity index (χ4v) is 2.19. The Labute approximate surface area is 111 Å². The Hall–Kier alpha value is -1.68. The number of pyridine rings is 1. The number of hydrogen-bond donors (Lipinski definition) is 1. The fraction of sp³-hybridized carbons (Fsp3) is 0.214. The predicted octanol–water partition coefficient (Wildman–Crippen LogP) is 3.14. The minimum atomic E-state index is 0.643. The number of benzene rings is 1. The van der Waals surface area contributed by atoms with Gasteiger partial charge in [0.15, 0.2) is 0 Å². The van der Waals surface area contributed by atoms with Crippen molar-refractivity contribution in [2.75, 3.05) is 18.1 Å². The van der Waals surface area contributed by atoms with Gasteiger partial charge in [-0.05, 0) is 31.2 Å². The second kappa shape index (κ2) is 6.31. The van der Waals surface area contributed by atoms with Crippen LogP contribution in [0.25, 0.3) is 0 Å². The number of aromatic nitrogens is 1. The Morgan fingerprint density at radius 1 is 1.22 bits per heavy atom. The molecule has 1 aromatic carbocycles. The van der Waals surface area contributed by atoms with Crippen molar-refractivity contribution >= 4 is 17.4 Å². The maximum absolute atomic E-state index is 5.81. The molecule has 0 radical (unpaired) electrons. The topological polar surface area (TPSA) is 48.1 Å². The monoisotopic (exact) mass is 260 g/mol. The molecule has 18 heavy (non-hydrogen) atoms. The Kier molecular flexibility index (Phi) is 4.47. The van der Waals surface area contributed by atoms with Crippen LogP contribution in [0.2, 0.25) is 0 Å². The molecular formula is C14H16N2OS. The third-order valence-electron chi connectivity index (χ3n) is 2.41. The van der Waals surface area contributed by atoms with Gasteiger partial charge in [-0.2, -0.15) is 0 Å². The molecule has 1 aromatic heterocycles. The number of nitrogens with zero attached hydrogens (tertiary/aromatic N) is 1. The molecule has 94 valence electrons. The summed E-state index contributed by atoms with van der Waals surface area (Å²) < 4.78 is 5.63. The summed E-state index contributed by atoms with van der Waals surface area (Å²) in [6.07, 6.45) is 1.75. The maximum atomic E-state index is 5.81. The van der Waals surface area contributed by atoms with E-state index in [2.05, 4.69) is 11.9 Å². The normalized spacial score (nSPS) is 10.3. The van der Waals surface area contributed by atoms with E-state index in [-0.39, 0.29) is 0 Å². The first-order chi connectivity index (χ1) is 8.75. The molecule has 0 fully saturated rings. The Balaban J connectivity index is 1.76. The molecule has 2 aromatic rings. The minimum Gasteiger partial charge on any atom is -0.493 e. The highest BCUT2D eigenvalue weighted by Crippen LogP contribution is 2.21. The summed E-state index contributed by atoms with van der Waals surface area (Å²) in [6.45, 7) is 2.70. The van der Waals surface area contributed by atoms with Crippen LogP contribution in [-0.2, 0) is 0 Å². The Bertz CT molecular complexity index is 499. The highest BCUT2D eigenvalue weighted by Gasteiger charge is 2.00. The van der Waals surface area contributed by atoms with E-state index in [1.807, 2.05) is 36.4 Å². The summed E-state index contributed by atoms with van der Waals surface area (Å²) in [6, 6.07) is 11.7. The van der Waals surface area contributed by atoms with Crippen molar-refractivity contribution in [3.63, 3.8) is 0 Å². The molecule has 0 saturated heterocycles. The number of nitrogens with two attached hydrogens (primary N) is 1. The maximum Gasteiger partial charge on any atom is 0.119 e. The molecule has 0 saturated carbocycles. The van der Waals surface area contributed by atoms with Crippen LogP contribution in [0.3, 0.4) is 0 Å². The average Bonchev–Trinajstić information content (AvgIpc) is 2.39. The van der Waals surface area contributed by atoms with Crippen LogP contribution in [0.4, 0.5) is 5.69 Å². The summed E-state index contributed by atoms with van der Waals surface area (Å²) in [5.41, 5.74) is 7.76. The number of rotatable bonds is 5. The lowest BCUT2D eigenvalue weighted by atomic mass is 10.2. The number of thioether (sulfide) groups is 1. The molecule has 2 N–H and O–H groups in total. The molecule has 4 heteroatoms. The van der Waals surface area contributed by atoms with Crippen molar-refractivity contribution in [3.8, 4) is 5.75 Å². The minimum absolute atomic E-state index is 0.643. The van der Waals surface area contributed by atoms with Gasteiger partial charge in [0, 0.05) is 11.9 Å². The lowest BCUT2D eigenvalue weighted by Crippen LogP contribution is -2.01. The standard InChI is InChI=1S/C14H16N2OS/c1-11-4-6-12(7-5-11)17-9-10-18-14-13(15)3-2-8-16-14/h2-8H,9-10,15H2,1H3. The SMILES string of the molecule is Cc1ccc(OCCSc2ncccc2N)cc1.